The lowest BCUT2D eigenvalue weighted by molar-refractivity contribution is 0.102. The molecule has 2 aromatic carbocycles. The second-order valence-corrected chi connectivity index (χ2v) is 4.82. The van der Waals surface area contributed by atoms with Crippen molar-refractivity contribution in [1.82, 2.24) is 0 Å². The highest BCUT2D eigenvalue weighted by Crippen LogP contribution is 2.17. The van der Waals surface area contributed by atoms with Crippen LogP contribution in [0.3, 0.4) is 0 Å². The maximum absolute atomic E-state index is 12.1. The van der Waals surface area contributed by atoms with E-state index < -0.39 is 5.78 Å². The summed E-state index contributed by atoms with van der Waals surface area (Å²) in [7, 11) is 0. The summed E-state index contributed by atoms with van der Waals surface area (Å²) in [5.41, 5.74) is 1.94. The number of carbonyl (C=O) groups is 1. The first kappa shape index (κ1) is 14.9. The average molecular weight is 301 g/mol. The molecule has 0 spiro atoms. The van der Waals surface area contributed by atoms with Gasteiger partial charge in [0.15, 0.2) is 5.70 Å². The van der Waals surface area contributed by atoms with Crippen LogP contribution in [0.1, 0.15) is 15.9 Å². The van der Waals surface area contributed by atoms with Gasteiger partial charge in [-0.05, 0) is 43.3 Å². The maximum atomic E-state index is 12.1. The number of rotatable bonds is 4. The van der Waals surface area contributed by atoms with Crippen LogP contribution < -0.4 is 0 Å². The number of hydrogen-bond donors (Lipinski definition) is 1. The Balaban J connectivity index is 2.18. The normalized spacial score (nSPS) is 11.8. The predicted octanol–water partition coefficient (Wildman–Crippen LogP) is 5.01. The zero-order valence-corrected chi connectivity index (χ0v) is 12.1. The van der Waals surface area contributed by atoms with Gasteiger partial charge >= 0.3 is 0 Å². The van der Waals surface area contributed by atoms with Gasteiger partial charge in [-0.25, -0.2) is 0 Å². The van der Waals surface area contributed by atoms with Crippen molar-refractivity contribution in [3.05, 3.63) is 76.6 Å². The molecule has 0 bridgehead atoms. The van der Waals surface area contributed by atoms with Crippen LogP contribution in [0.15, 0.2) is 70.7 Å². The van der Waals surface area contributed by atoms with E-state index in [0.717, 1.165) is 5.56 Å². The molecule has 0 radical (unpaired) electrons. The Morgan fingerprint density at radius 2 is 1.71 bits per heavy atom. The minimum Gasteiger partial charge on any atom is -0.513 e. The van der Waals surface area contributed by atoms with Crippen molar-refractivity contribution in [2.24, 2.45) is 10.2 Å². The van der Waals surface area contributed by atoms with E-state index in [1.54, 1.807) is 36.4 Å². The van der Waals surface area contributed by atoms with E-state index in [0.29, 0.717) is 22.5 Å². The molecule has 0 aromatic heterocycles. The SMILES string of the molecule is Cc1ccc(N=NC(=CO)C(=O)c2ccc(Cl)cc2)cc1. The molecule has 0 saturated carbocycles. The lowest BCUT2D eigenvalue weighted by atomic mass is 10.1. The van der Waals surface area contributed by atoms with E-state index in [4.69, 9.17) is 11.6 Å². The number of halogens is 1. The number of carbonyl (C=O) groups excluding carboxylic acids is 1. The van der Waals surface area contributed by atoms with Crippen LogP contribution in [0.2, 0.25) is 5.02 Å². The van der Waals surface area contributed by atoms with Gasteiger partial charge in [0.05, 0.1) is 5.69 Å². The molecule has 2 aromatic rings. The van der Waals surface area contributed by atoms with E-state index in [1.807, 2.05) is 19.1 Å². The topological polar surface area (TPSA) is 62.0 Å². The van der Waals surface area contributed by atoms with Crippen LogP contribution in [0.25, 0.3) is 0 Å². The fraction of sp³-hybridized carbons (Fsp3) is 0.0625. The molecule has 2 rings (SSSR count). The quantitative estimate of drug-likeness (QED) is 0.373. The van der Waals surface area contributed by atoms with Crippen molar-refractivity contribution < 1.29 is 9.90 Å². The highest BCUT2D eigenvalue weighted by Gasteiger charge is 2.12. The number of Topliss-reactive ketones (excluding diaryl/α,β-unsaturated/α-hetero) is 1. The summed E-state index contributed by atoms with van der Waals surface area (Å²) in [6, 6.07) is 13.7. The fourth-order valence-corrected chi connectivity index (χ4v) is 1.73. The van der Waals surface area contributed by atoms with Crippen LogP contribution in [-0.2, 0) is 0 Å². The van der Waals surface area contributed by atoms with Crippen LogP contribution in [0.5, 0.6) is 0 Å². The Bertz CT molecular complexity index is 689. The first-order chi connectivity index (χ1) is 10.1. The van der Waals surface area contributed by atoms with E-state index in [9.17, 15) is 9.90 Å². The van der Waals surface area contributed by atoms with Gasteiger partial charge in [0.2, 0.25) is 5.78 Å². The number of allylic oxidation sites excluding steroid dienone is 1. The molecule has 0 aliphatic rings. The average Bonchev–Trinajstić information content (AvgIpc) is 2.50. The number of azo groups is 1. The molecule has 0 heterocycles. The predicted molar refractivity (Wildman–Crippen MR) is 82.2 cm³/mol. The zero-order valence-electron chi connectivity index (χ0n) is 11.3. The summed E-state index contributed by atoms with van der Waals surface area (Å²) >= 11 is 5.77. The van der Waals surface area contributed by atoms with Crippen molar-refractivity contribution in [2.75, 3.05) is 0 Å². The first-order valence-corrected chi connectivity index (χ1v) is 6.61. The summed E-state index contributed by atoms with van der Waals surface area (Å²) in [6.07, 6.45) is 0.647. The number of benzene rings is 2. The lowest BCUT2D eigenvalue weighted by Gasteiger charge is -2.00. The second-order valence-electron chi connectivity index (χ2n) is 4.39. The van der Waals surface area contributed by atoms with Crippen molar-refractivity contribution >= 4 is 23.1 Å². The van der Waals surface area contributed by atoms with E-state index in [1.165, 1.54) is 0 Å². The number of aliphatic hydroxyl groups excluding tert-OH is 1. The van der Waals surface area contributed by atoms with Crippen LogP contribution >= 0.6 is 11.6 Å². The molecule has 0 fully saturated rings. The van der Waals surface area contributed by atoms with Crippen LogP contribution in [-0.4, -0.2) is 10.9 Å². The molecule has 106 valence electrons. The Morgan fingerprint density at radius 3 is 2.29 bits per heavy atom. The third kappa shape index (κ3) is 4.00. The number of aliphatic hydroxyl groups is 1. The maximum Gasteiger partial charge on any atom is 0.216 e. The summed E-state index contributed by atoms with van der Waals surface area (Å²) in [5, 5.41) is 17.4. The van der Waals surface area contributed by atoms with Crippen molar-refractivity contribution in [1.29, 1.82) is 0 Å². The van der Waals surface area contributed by atoms with E-state index in [2.05, 4.69) is 10.2 Å². The molecule has 1 N–H and O–H groups in total. The zero-order chi connectivity index (χ0) is 15.2. The monoisotopic (exact) mass is 300 g/mol. The standard InChI is InChI=1S/C16H13ClN2O2/c1-11-2-8-14(9-3-11)18-19-15(10-20)16(21)12-4-6-13(17)7-5-12/h2-10,20H,1H3. The minimum atomic E-state index is -0.426. The van der Waals surface area contributed by atoms with Gasteiger partial charge in [0.25, 0.3) is 0 Å². The van der Waals surface area contributed by atoms with Gasteiger partial charge in [-0.2, -0.15) is 5.11 Å². The molecule has 0 saturated heterocycles. The summed E-state index contributed by atoms with van der Waals surface area (Å²) in [6.45, 7) is 1.96. The molecule has 0 aliphatic heterocycles. The Kier molecular flexibility index (Phi) is 4.85. The fourth-order valence-electron chi connectivity index (χ4n) is 1.60. The van der Waals surface area contributed by atoms with E-state index >= 15 is 0 Å². The molecule has 5 heteroatoms. The van der Waals surface area contributed by atoms with Gasteiger partial charge in [-0.3, -0.25) is 4.79 Å². The van der Waals surface area contributed by atoms with Crippen molar-refractivity contribution in [2.45, 2.75) is 6.92 Å². The van der Waals surface area contributed by atoms with E-state index in [-0.39, 0.29) is 5.70 Å². The molecule has 0 amide bonds. The molecular weight excluding hydrogens is 288 g/mol. The smallest absolute Gasteiger partial charge is 0.216 e. The molecular formula is C16H13ClN2O2. The molecule has 0 atom stereocenters. The number of aryl methyl sites for hydroxylation is 1. The lowest BCUT2D eigenvalue weighted by Crippen LogP contribution is -2.01. The summed E-state index contributed by atoms with van der Waals surface area (Å²) in [4.78, 5) is 12.1. The van der Waals surface area contributed by atoms with Gasteiger partial charge in [0.1, 0.15) is 6.26 Å². The Hall–Kier alpha value is -2.46. The van der Waals surface area contributed by atoms with Crippen LogP contribution in [0.4, 0.5) is 5.69 Å². The third-order valence-electron chi connectivity index (χ3n) is 2.77. The number of hydrogen-bond acceptors (Lipinski definition) is 4. The first-order valence-electron chi connectivity index (χ1n) is 6.23. The molecule has 21 heavy (non-hydrogen) atoms. The summed E-state index contributed by atoms with van der Waals surface area (Å²) < 4.78 is 0. The minimum absolute atomic E-state index is 0.141. The molecule has 0 aliphatic carbocycles. The molecule has 4 nitrogen and oxygen atoms in total. The highest BCUT2D eigenvalue weighted by molar-refractivity contribution is 6.30. The van der Waals surface area contributed by atoms with Crippen molar-refractivity contribution in [3.8, 4) is 0 Å². The number of ketones is 1. The van der Waals surface area contributed by atoms with Gasteiger partial charge in [-0.1, -0.05) is 29.3 Å². The third-order valence-corrected chi connectivity index (χ3v) is 3.02. The van der Waals surface area contributed by atoms with Gasteiger partial charge < -0.3 is 5.11 Å². The van der Waals surface area contributed by atoms with Gasteiger partial charge in [-0.15, -0.1) is 5.11 Å². The van der Waals surface area contributed by atoms with Crippen LogP contribution in [0, 0.1) is 6.92 Å². The Labute approximate surface area is 127 Å². The highest BCUT2D eigenvalue weighted by atomic mass is 35.5. The summed E-state index contributed by atoms with van der Waals surface area (Å²) in [5.74, 6) is -0.426. The van der Waals surface area contributed by atoms with Crippen molar-refractivity contribution in [3.63, 3.8) is 0 Å². The number of nitrogens with zero attached hydrogens (tertiary/aromatic N) is 2. The second kappa shape index (κ2) is 6.81. The largest absolute Gasteiger partial charge is 0.513 e. The Morgan fingerprint density at radius 1 is 1.10 bits per heavy atom. The van der Waals surface area contributed by atoms with Gasteiger partial charge in [0, 0.05) is 10.6 Å². The molecule has 0 unspecified atom stereocenters.